The van der Waals surface area contributed by atoms with Crippen molar-refractivity contribution in [2.75, 3.05) is 38.6 Å². The van der Waals surface area contributed by atoms with Crippen molar-refractivity contribution in [3.05, 3.63) is 36.5 Å². The standard InChI is InChI=1S/C16H21N3O2/c1-18(2)11-12-19(10-8-15(20)21)14-7-3-5-13-6-4-9-17-16(13)14/h3-7,9H,8,10-12H2,1-2H3,(H,20,21). The van der Waals surface area contributed by atoms with Crippen LogP contribution in [0.2, 0.25) is 0 Å². The minimum absolute atomic E-state index is 0.122. The number of likely N-dealkylation sites (N-methyl/N-ethyl adjacent to an activating group) is 1. The predicted octanol–water partition coefficient (Wildman–Crippen LogP) is 2.08. The van der Waals surface area contributed by atoms with Gasteiger partial charge in [-0.3, -0.25) is 9.78 Å². The summed E-state index contributed by atoms with van der Waals surface area (Å²) in [6.07, 6.45) is 1.89. The van der Waals surface area contributed by atoms with Crippen LogP contribution in [0.15, 0.2) is 36.5 Å². The van der Waals surface area contributed by atoms with E-state index >= 15 is 0 Å². The average molecular weight is 287 g/mol. The van der Waals surface area contributed by atoms with Crippen molar-refractivity contribution in [1.82, 2.24) is 9.88 Å². The average Bonchev–Trinajstić information content (AvgIpc) is 2.46. The van der Waals surface area contributed by atoms with Gasteiger partial charge in [0.15, 0.2) is 0 Å². The summed E-state index contributed by atoms with van der Waals surface area (Å²) in [5.74, 6) is -0.780. The molecule has 1 N–H and O–H groups in total. The van der Waals surface area contributed by atoms with Crippen LogP contribution in [-0.2, 0) is 4.79 Å². The highest BCUT2D eigenvalue weighted by molar-refractivity contribution is 5.90. The van der Waals surface area contributed by atoms with Gasteiger partial charge in [0.25, 0.3) is 0 Å². The van der Waals surface area contributed by atoms with Crippen molar-refractivity contribution in [2.45, 2.75) is 6.42 Å². The number of benzene rings is 1. The molecule has 112 valence electrons. The number of carboxylic acids is 1. The van der Waals surface area contributed by atoms with Crippen molar-refractivity contribution < 1.29 is 9.90 Å². The summed E-state index contributed by atoms with van der Waals surface area (Å²) in [5, 5.41) is 10.0. The SMILES string of the molecule is CN(C)CCN(CCC(=O)O)c1cccc2cccnc12. The molecule has 1 heterocycles. The number of anilines is 1. The van der Waals surface area contributed by atoms with E-state index in [2.05, 4.69) is 14.8 Å². The zero-order valence-corrected chi connectivity index (χ0v) is 12.5. The predicted molar refractivity (Wildman–Crippen MR) is 84.8 cm³/mol. The third-order valence-electron chi connectivity index (χ3n) is 3.36. The second-order valence-electron chi connectivity index (χ2n) is 5.29. The van der Waals surface area contributed by atoms with Gasteiger partial charge in [0, 0.05) is 31.2 Å². The first-order valence-electron chi connectivity index (χ1n) is 7.03. The van der Waals surface area contributed by atoms with E-state index in [1.54, 1.807) is 6.20 Å². The van der Waals surface area contributed by atoms with Gasteiger partial charge in [-0.15, -0.1) is 0 Å². The monoisotopic (exact) mass is 287 g/mol. The number of nitrogens with zero attached hydrogens (tertiary/aromatic N) is 3. The maximum absolute atomic E-state index is 10.9. The number of rotatable bonds is 7. The molecule has 2 aromatic rings. The molecule has 0 fully saturated rings. The molecule has 0 amide bonds. The Kier molecular flexibility index (Phi) is 5.11. The minimum atomic E-state index is -0.780. The highest BCUT2D eigenvalue weighted by atomic mass is 16.4. The number of hydrogen-bond acceptors (Lipinski definition) is 4. The van der Waals surface area contributed by atoms with E-state index in [9.17, 15) is 4.79 Å². The molecule has 5 nitrogen and oxygen atoms in total. The zero-order chi connectivity index (χ0) is 15.2. The molecule has 0 aliphatic heterocycles. The first-order valence-corrected chi connectivity index (χ1v) is 7.03. The molecule has 0 spiro atoms. The van der Waals surface area contributed by atoms with E-state index in [1.165, 1.54) is 0 Å². The second-order valence-corrected chi connectivity index (χ2v) is 5.29. The Labute approximate surface area is 124 Å². The quantitative estimate of drug-likeness (QED) is 0.845. The van der Waals surface area contributed by atoms with Crippen LogP contribution in [0.25, 0.3) is 10.9 Å². The lowest BCUT2D eigenvalue weighted by Gasteiger charge is -2.26. The Morgan fingerprint density at radius 2 is 1.90 bits per heavy atom. The molecule has 21 heavy (non-hydrogen) atoms. The van der Waals surface area contributed by atoms with Crippen LogP contribution in [-0.4, -0.2) is 54.7 Å². The molecule has 0 aliphatic rings. The minimum Gasteiger partial charge on any atom is -0.481 e. The molecule has 0 unspecified atom stereocenters. The Bertz CT molecular complexity index is 608. The van der Waals surface area contributed by atoms with Gasteiger partial charge in [0.2, 0.25) is 0 Å². The highest BCUT2D eigenvalue weighted by Gasteiger charge is 2.12. The smallest absolute Gasteiger partial charge is 0.305 e. The van der Waals surface area contributed by atoms with Gasteiger partial charge in [0.05, 0.1) is 17.6 Å². The molecule has 5 heteroatoms. The number of fused-ring (bicyclic) bond motifs is 1. The number of aliphatic carboxylic acids is 1. The molecular weight excluding hydrogens is 266 g/mol. The molecule has 0 aliphatic carbocycles. The molecule has 0 saturated carbocycles. The summed E-state index contributed by atoms with van der Waals surface area (Å²) in [6.45, 7) is 2.12. The largest absolute Gasteiger partial charge is 0.481 e. The molecule has 0 atom stereocenters. The van der Waals surface area contributed by atoms with Crippen LogP contribution in [0.4, 0.5) is 5.69 Å². The van der Waals surface area contributed by atoms with Crippen LogP contribution < -0.4 is 4.90 Å². The molecule has 1 aromatic carbocycles. The van der Waals surface area contributed by atoms with Gasteiger partial charge < -0.3 is 14.9 Å². The van der Waals surface area contributed by atoms with Gasteiger partial charge in [-0.1, -0.05) is 18.2 Å². The van der Waals surface area contributed by atoms with Crippen molar-refractivity contribution in [2.24, 2.45) is 0 Å². The van der Waals surface area contributed by atoms with Gasteiger partial charge >= 0.3 is 5.97 Å². The Balaban J connectivity index is 2.30. The van der Waals surface area contributed by atoms with Crippen molar-refractivity contribution in [3.8, 4) is 0 Å². The van der Waals surface area contributed by atoms with E-state index in [-0.39, 0.29) is 6.42 Å². The Morgan fingerprint density at radius 1 is 1.14 bits per heavy atom. The fourth-order valence-corrected chi connectivity index (χ4v) is 2.25. The summed E-state index contributed by atoms with van der Waals surface area (Å²) in [4.78, 5) is 19.5. The fourth-order valence-electron chi connectivity index (χ4n) is 2.25. The lowest BCUT2D eigenvalue weighted by molar-refractivity contribution is -0.136. The molecule has 2 rings (SSSR count). The fraction of sp³-hybridized carbons (Fsp3) is 0.375. The topological polar surface area (TPSA) is 56.7 Å². The van der Waals surface area contributed by atoms with Crippen molar-refractivity contribution in [3.63, 3.8) is 0 Å². The first-order chi connectivity index (χ1) is 10.1. The number of hydrogen-bond donors (Lipinski definition) is 1. The van der Waals surface area contributed by atoms with Crippen LogP contribution in [0.1, 0.15) is 6.42 Å². The lowest BCUT2D eigenvalue weighted by Crippen LogP contribution is -2.33. The Hall–Kier alpha value is -2.14. The third kappa shape index (κ3) is 4.16. The van der Waals surface area contributed by atoms with Gasteiger partial charge in [-0.2, -0.15) is 0 Å². The van der Waals surface area contributed by atoms with Crippen LogP contribution in [0.5, 0.6) is 0 Å². The third-order valence-corrected chi connectivity index (χ3v) is 3.36. The lowest BCUT2D eigenvalue weighted by atomic mass is 10.1. The summed E-state index contributed by atoms with van der Waals surface area (Å²) in [6, 6.07) is 9.95. The highest BCUT2D eigenvalue weighted by Crippen LogP contribution is 2.24. The molecular formula is C16H21N3O2. The van der Waals surface area contributed by atoms with Crippen molar-refractivity contribution >= 4 is 22.6 Å². The van der Waals surface area contributed by atoms with E-state index in [0.717, 1.165) is 29.7 Å². The number of aromatic nitrogens is 1. The summed E-state index contributed by atoms with van der Waals surface area (Å²) < 4.78 is 0. The first kappa shape index (κ1) is 15.3. The van der Waals surface area contributed by atoms with Gasteiger partial charge in [-0.25, -0.2) is 0 Å². The second kappa shape index (κ2) is 7.04. The van der Waals surface area contributed by atoms with Crippen LogP contribution >= 0.6 is 0 Å². The number of para-hydroxylation sites is 1. The molecule has 0 radical (unpaired) electrons. The van der Waals surface area contributed by atoms with E-state index in [4.69, 9.17) is 5.11 Å². The van der Waals surface area contributed by atoms with Gasteiger partial charge in [0.1, 0.15) is 0 Å². The summed E-state index contributed by atoms with van der Waals surface area (Å²) in [7, 11) is 4.02. The maximum Gasteiger partial charge on any atom is 0.305 e. The van der Waals surface area contributed by atoms with E-state index < -0.39 is 5.97 Å². The normalized spacial score (nSPS) is 11.0. The number of pyridine rings is 1. The van der Waals surface area contributed by atoms with E-state index in [0.29, 0.717) is 6.54 Å². The Morgan fingerprint density at radius 3 is 2.62 bits per heavy atom. The molecule has 0 saturated heterocycles. The van der Waals surface area contributed by atoms with Gasteiger partial charge in [-0.05, 0) is 26.2 Å². The molecule has 1 aromatic heterocycles. The van der Waals surface area contributed by atoms with Crippen LogP contribution in [0.3, 0.4) is 0 Å². The van der Waals surface area contributed by atoms with Crippen molar-refractivity contribution in [1.29, 1.82) is 0 Å². The zero-order valence-electron chi connectivity index (χ0n) is 12.5. The van der Waals surface area contributed by atoms with E-state index in [1.807, 2.05) is 44.4 Å². The number of carboxylic acid groups (broad SMARTS) is 1. The molecule has 0 bridgehead atoms. The number of carbonyl (C=O) groups is 1. The maximum atomic E-state index is 10.9. The van der Waals surface area contributed by atoms with Crippen LogP contribution in [0, 0.1) is 0 Å². The summed E-state index contributed by atoms with van der Waals surface area (Å²) in [5.41, 5.74) is 1.92. The summed E-state index contributed by atoms with van der Waals surface area (Å²) >= 11 is 0.